The molecule has 1 fully saturated rings. The first kappa shape index (κ1) is 24.0. The lowest BCUT2D eigenvalue weighted by atomic mass is 10.2. The van der Waals surface area contributed by atoms with Crippen molar-refractivity contribution >= 4 is 11.6 Å². The van der Waals surface area contributed by atoms with E-state index in [0.29, 0.717) is 31.6 Å². The van der Waals surface area contributed by atoms with Crippen molar-refractivity contribution in [1.82, 2.24) is 15.5 Å². The predicted molar refractivity (Wildman–Crippen MR) is 118 cm³/mol. The van der Waals surface area contributed by atoms with Gasteiger partial charge in [-0.15, -0.1) is 0 Å². The molecule has 0 aromatic heterocycles. The van der Waals surface area contributed by atoms with Crippen LogP contribution in [0.15, 0.2) is 29.3 Å². The molecule has 1 saturated heterocycles. The molecule has 9 nitrogen and oxygen atoms in total. The van der Waals surface area contributed by atoms with Gasteiger partial charge in [-0.25, -0.2) is 4.99 Å². The van der Waals surface area contributed by atoms with Crippen LogP contribution in [0.2, 0.25) is 0 Å². The molecule has 2 rings (SSSR count). The zero-order valence-corrected chi connectivity index (χ0v) is 18.3. The number of hydrogen-bond acceptors (Lipinski definition) is 6. The highest BCUT2D eigenvalue weighted by Gasteiger charge is 2.21. The third-order valence-corrected chi connectivity index (χ3v) is 4.73. The van der Waals surface area contributed by atoms with Crippen molar-refractivity contribution in [2.24, 2.45) is 10.9 Å². The first-order chi connectivity index (χ1) is 14.5. The van der Waals surface area contributed by atoms with Gasteiger partial charge >= 0.3 is 0 Å². The molecule has 0 amide bonds. The highest BCUT2D eigenvalue weighted by Crippen LogP contribution is 2.12. The standard InChI is InChI=1S/C21H35N5O4/c1-17(2)15-25-10-12-30-20(16-25)14-24-21(22-9-4-11-29-3)23-13-18-5-7-19(8-6-18)26(27)28/h5-8,17,20H,4,9-16H2,1-3H3,(H2,22,23,24). The van der Waals surface area contributed by atoms with E-state index in [-0.39, 0.29) is 11.8 Å². The molecule has 1 atom stereocenters. The van der Waals surface area contributed by atoms with Crippen LogP contribution in [0.3, 0.4) is 0 Å². The van der Waals surface area contributed by atoms with Gasteiger partial charge in [0.1, 0.15) is 0 Å². The summed E-state index contributed by atoms with van der Waals surface area (Å²) in [5, 5.41) is 17.5. The maximum Gasteiger partial charge on any atom is 0.269 e. The Labute approximate surface area is 179 Å². The van der Waals surface area contributed by atoms with Gasteiger partial charge in [0.15, 0.2) is 5.96 Å². The normalized spacial score (nSPS) is 17.9. The minimum absolute atomic E-state index is 0.0826. The topological polar surface area (TPSA) is 101 Å². The molecule has 168 valence electrons. The number of methoxy groups -OCH3 is 1. The summed E-state index contributed by atoms with van der Waals surface area (Å²) in [6.07, 6.45) is 0.986. The lowest BCUT2D eigenvalue weighted by Crippen LogP contribution is -2.50. The van der Waals surface area contributed by atoms with Gasteiger partial charge in [0.05, 0.1) is 24.2 Å². The van der Waals surface area contributed by atoms with Crippen LogP contribution in [0.5, 0.6) is 0 Å². The second-order valence-corrected chi connectivity index (χ2v) is 7.89. The molecular formula is C21H35N5O4. The number of nitrogens with zero attached hydrogens (tertiary/aromatic N) is 3. The maximum atomic E-state index is 10.8. The number of aliphatic imine (C=N–C) groups is 1. The molecule has 1 aromatic carbocycles. The Balaban J connectivity index is 1.91. The fraction of sp³-hybridized carbons (Fsp3) is 0.667. The number of morpholine rings is 1. The average molecular weight is 422 g/mol. The van der Waals surface area contributed by atoms with Crippen LogP contribution in [0.25, 0.3) is 0 Å². The van der Waals surface area contributed by atoms with Crippen LogP contribution < -0.4 is 10.6 Å². The number of nitro groups is 1. The zero-order valence-electron chi connectivity index (χ0n) is 18.3. The highest BCUT2D eigenvalue weighted by atomic mass is 16.6. The Kier molecular flexibility index (Phi) is 10.5. The Morgan fingerprint density at radius 2 is 2.13 bits per heavy atom. The Morgan fingerprint density at radius 3 is 2.80 bits per heavy atom. The van der Waals surface area contributed by atoms with E-state index in [9.17, 15) is 10.1 Å². The number of guanidine groups is 1. The third kappa shape index (κ3) is 9.06. The van der Waals surface area contributed by atoms with Crippen molar-refractivity contribution < 1.29 is 14.4 Å². The molecule has 0 saturated carbocycles. The molecule has 9 heteroatoms. The van der Waals surface area contributed by atoms with Gasteiger partial charge in [-0.1, -0.05) is 26.0 Å². The summed E-state index contributed by atoms with van der Waals surface area (Å²) in [5.41, 5.74) is 0.995. The van der Waals surface area contributed by atoms with Gasteiger partial charge in [-0.05, 0) is 17.9 Å². The molecule has 0 spiro atoms. The van der Waals surface area contributed by atoms with Gasteiger partial charge in [0.2, 0.25) is 0 Å². The Hall–Kier alpha value is -2.23. The monoisotopic (exact) mass is 421 g/mol. The van der Waals surface area contributed by atoms with Crippen LogP contribution in [-0.2, 0) is 16.0 Å². The number of benzene rings is 1. The molecule has 0 aliphatic carbocycles. The van der Waals surface area contributed by atoms with Gasteiger partial charge < -0.3 is 20.1 Å². The minimum atomic E-state index is -0.399. The number of nitro benzene ring substituents is 1. The first-order valence-corrected chi connectivity index (χ1v) is 10.6. The summed E-state index contributed by atoms with van der Waals surface area (Å²) in [5.74, 6) is 1.34. The van der Waals surface area contributed by atoms with E-state index >= 15 is 0 Å². The molecule has 0 bridgehead atoms. The predicted octanol–water partition coefficient (Wildman–Crippen LogP) is 2.02. The van der Waals surface area contributed by atoms with E-state index in [2.05, 4.69) is 34.4 Å². The van der Waals surface area contributed by atoms with E-state index < -0.39 is 4.92 Å². The first-order valence-electron chi connectivity index (χ1n) is 10.6. The summed E-state index contributed by atoms with van der Waals surface area (Å²) in [4.78, 5) is 17.5. The number of hydrogen-bond donors (Lipinski definition) is 2. The van der Waals surface area contributed by atoms with Gasteiger partial charge in [0, 0.05) is 58.6 Å². The molecule has 1 heterocycles. The molecule has 2 N–H and O–H groups in total. The van der Waals surface area contributed by atoms with E-state index in [1.54, 1.807) is 19.2 Å². The third-order valence-electron chi connectivity index (χ3n) is 4.73. The SMILES string of the molecule is COCCCNC(=NCc1ccc([N+](=O)[O-])cc1)NCC1CN(CC(C)C)CCO1. The van der Waals surface area contributed by atoms with E-state index in [1.165, 1.54) is 12.1 Å². The quantitative estimate of drug-likeness (QED) is 0.185. The number of non-ortho nitro benzene ring substituents is 1. The second-order valence-electron chi connectivity index (χ2n) is 7.89. The maximum absolute atomic E-state index is 10.8. The van der Waals surface area contributed by atoms with Crippen molar-refractivity contribution in [3.05, 3.63) is 39.9 Å². The lowest BCUT2D eigenvalue weighted by molar-refractivity contribution is -0.384. The summed E-state index contributed by atoms with van der Waals surface area (Å²) in [7, 11) is 1.69. The van der Waals surface area contributed by atoms with Crippen molar-refractivity contribution in [1.29, 1.82) is 0 Å². The molecular weight excluding hydrogens is 386 g/mol. The number of rotatable bonds is 11. The van der Waals surface area contributed by atoms with Gasteiger partial charge in [-0.3, -0.25) is 15.0 Å². The fourth-order valence-electron chi connectivity index (χ4n) is 3.29. The van der Waals surface area contributed by atoms with Crippen LogP contribution in [0.1, 0.15) is 25.8 Å². The molecule has 1 aromatic rings. The van der Waals surface area contributed by atoms with Crippen molar-refractivity contribution in [2.75, 3.05) is 53.0 Å². The molecule has 1 unspecified atom stereocenters. The zero-order chi connectivity index (χ0) is 21.8. The Bertz CT molecular complexity index is 666. The molecule has 30 heavy (non-hydrogen) atoms. The highest BCUT2D eigenvalue weighted by molar-refractivity contribution is 5.79. The van der Waals surface area contributed by atoms with E-state index in [1.807, 2.05) is 0 Å². The number of nitrogens with one attached hydrogen (secondary N) is 2. The average Bonchev–Trinajstić information content (AvgIpc) is 2.72. The number of ether oxygens (including phenoxy) is 2. The summed E-state index contributed by atoms with van der Waals surface area (Å²) in [6.45, 7) is 10.7. The van der Waals surface area contributed by atoms with Crippen LogP contribution in [0, 0.1) is 16.0 Å². The fourth-order valence-corrected chi connectivity index (χ4v) is 3.29. The Morgan fingerprint density at radius 1 is 1.37 bits per heavy atom. The van der Waals surface area contributed by atoms with Gasteiger partial charge in [0.25, 0.3) is 5.69 Å². The summed E-state index contributed by atoms with van der Waals surface area (Å²) in [6, 6.07) is 6.47. The smallest absolute Gasteiger partial charge is 0.269 e. The van der Waals surface area contributed by atoms with Gasteiger partial charge in [-0.2, -0.15) is 0 Å². The lowest BCUT2D eigenvalue weighted by Gasteiger charge is -2.34. The molecule has 1 aliphatic rings. The second kappa shape index (κ2) is 13.1. The summed E-state index contributed by atoms with van der Waals surface area (Å²) >= 11 is 0. The van der Waals surface area contributed by atoms with Crippen LogP contribution in [-0.4, -0.2) is 74.9 Å². The molecule has 1 aliphatic heterocycles. The van der Waals surface area contributed by atoms with Crippen molar-refractivity contribution in [3.8, 4) is 0 Å². The summed E-state index contributed by atoms with van der Waals surface area (Å²) < 4.78 is 11.0. The van der Waals surface area contributed by atoms with E-state index in [0.717, 1.165) is 44.8 Å². The van der Waals surface area contributed by atoms with Crippen LogP contribution in [0.4, 0.5) is 5.69 Å². The minimum Gasteiger partial charge on any atom is -0.385 e. The largest absolute Gasteiger partial charge is 0.385 e. The van der Waals surface area contributed by atoms with Crippen molar-refractivity contribution in [3.63, 3.8) is 0 Å². The van der Waals surface area contributed by atoms with Crippen LogP contribution >= 0.6 is 0 Å². The molecule has 0 radical (unpaired) electrons. The van der Waals surface area contributed by atoms with Crippen molar-refractivity contribution in [2.45, 2.75) is 32.9 Å². The van der Waals surface area contributed by atoms with E-state index in [4.69, 9.17) is 9.47 Å².